The average molecular weight is 957 g/mol. The van der Waals surface area contributed by atoms with Gasteiger partial charge in [0.05, 0.1) is 24.7 Å². The summed E-state index contributed by atoms with van der Waals surface area (Å²) in [5.74, 6) is -1.91. The number of aliphatic carboxylic acids is 1. The molecule has 23 atom stereocenters. The smallest absolute Gasteiger partial charge is 0.335 e. The summed E-state index contributed by atoms with van der Waals surface area (Å²) in [4.78, 5) is 27.1. The van der Waals surface area contributed by atoms with Gasteiger partial charge in [0.1, 0.15) is 67.1 Å². The number of esters is 1. The van der Waals surface area contributed by atoms with Gasteiger partial charge in [0.2, 0.25) is 6.29 Å². The van der Waals surface area contributed by atoms with E-state index < -0.39 is 134 Å². The zero-order valence-electron chi connectivity index (χ0n) is 39.7. The van der Waals surface area contributed by atoms with Crippen molar-refractivity contribution >= 4 is 11.9 Å². The fraction of sp³-hybridized carbons (Fsp3) is 0.917. The number of rotatable bonds is 9. The Hall–Kier alpha value is -1.92. The standard InChI is InChI=1S/C48H76O19/c1-43(2)14-16-48(42(61)67-40-33(56)31(54)29(52)24(20-50)63-40)17-15-46(6)21(22(48)18-43)8-9-26-45(5)12-11-27(44(3,4)25(45)10-13-47(26,46)7)64-41-35(58)36(34(57)37(66-41)38(59)60)65-39-32(55)30(53)28(51)23(19-49)62-39/h8,22-37,39-41,49-58H,9-20H2,1-7H3,(H,59,60)/t22-,23+,24+,25-,26+,27-,28-,29+,30-,31-,32+,33+,34-,35+,36-,37-,39-,40-,41+,45-,46-,47+,48-/m0/s1. The first-order valence-electron chi connectivity index (χ1n) is 24.3. The number of hydrogen-bond acceptors (Lipinski definition) is 18. The van der Waals surface area contributed by atoms with Crippen LogP contribution in [0.25, 0.3) is 0 Å². The number of carboxylic acid groups (broad SMARTS) is 1. The van der Waals surface area contributed by atoms with Gasteiger partial charge in [-0.05, 0) is 109 Å². The van der Waals surface area contributed by atoms with Crippen LogP contribution in [0.15, 0.2) is 11.6 Å². The van der Waals surface area contributed by atoms with Gasteiger partial charge in [0.25, 0.3) is 0 Å². The van der Waals surface area contributed by atoms with E-state index in [2.05, 4.69) is 54.5 Å². The summed E-state index contributed by atoms with van der Waals surface area (Å²) < 4.78 is 35.2. The zero-order valence-corrected chi connectivity index (χ0v) is 39.7. The monoisotopic (exact) mass is 956 g/mol. The summed E-state index contributed by atoms with van der Waals surface area (Å²) >= 11 is 0. The number of carbonyl (C=O) groups is 2. The molecule has 3 aliphatic heterocycles. The van der Waals surface area contributed by atoms with Crippen molar-refractivity contribution < 1.29 is 94.2 Å². The number of allylic oxidation sites excluding steroid dienone is 2. The number of aliphatic hydroxyl groups excluding tert-OH is 10. The van der Waals surface area contributed by atoms with Crippen LogP contribution in [0.3, 0.4) is 0 Å². The first-order chi connectivity index (χ1) is 31.2. The highest BCUT2D eigenvalue weighted by molar-refractivity contribution is 5.79. The lowest BCUT2D eigenvalue weighted by Gasteiger charge is -2.71. The van der Waals surface area contributed by atoms with E-state index in [9.17, 15) is 65.8 Å². The van der Waals surface area contributed by atoms with E-state index in [0.717, 1.165) is 38.5 Å². The van der Waals surface area contributed by atoms with Gasteiger partial charge >= 0.3 is 11.9 Å². The largest absolute Gasteiger partial charge is 0.479 e. The second-order valence-corrected chi connectivity index (χ2v) is 23.5. The number of ether oxygens (including phenoxy) is 6. The molecule has 0 aromatic heterocycles. The molecule has 0 bridgehead atoms. The van der Waals surface area contributed by atoms with E-state index in [1.807, 2.05) is 0 Å². The van der Waals surface area contributed by atoms with Gasteiger partial charge in [-0.15, -0.1) is 0 Å². The van der Waals surface area contributed by atoms with Crippen molar-refractivity contribution in [2.24, 2.45) is 50.2 Å². The Kier molecular flexibility index (Phi) is 13.8. The topological polar surface area (TPSA) is 312 Å². The Morgan fingerprint density at radius 3 is 1.84 bits per heavy atom. The maximum absolute atomic E-state index is 14.7. The van der Waals surface area contributed by atoms with Gasteiger partial charge in [0, 0.05) is 0 Å². The second kappa shape index (κ2) is 18.0. The Morgan fingerprint density at radius 2 is 1.22 bits per heavy atom. The Bertz CT molecular complexity index is 1870. The van der Waals surface area contributed by atoms with Gasteiger partial charge < -0.3 is 84.6 Å². The number of aliphatic hydroxyl groups is 10. The highest BCUT2D eigenvalue weighted by Gasteiger charge is 2.70. The van der Waals surface area contributed by atoms with Crippen LogP contribution in [0.1, 0.15) is 113 Å². The molecule has 4 saturated carbocycles. The third-order valence-corrected chi connectivity index (χ3v) is 19.3. The van der Waals surface area contributed by atoms with Gasteiger partial charge in [-0.1, -0.05) is 60.1 Å². The van der Waals surface area contributed by atoms with Crippen LogP contribution in [-0.2, 0) is 38.0 Å². The van der Waals surface area contributed by atoms with Crippen molar-refractivity contribution in [3.63, 3.8) is 0 Å². The molecule has 8 rings (SSSR count). The van der Waals surface area contributed by atoms with Crippen molar-refractivity contribution in [3.8, 4) is 0 Å². The number of fused-ring (bicyclic) bond motifs is 7. The lowest BCUT2D eigenvalue weighted by Crippen LogP contribution is -2.67. The fourth-order valence-corrected chi connectivity index (χ4v) is 15.0. The lowest BCUT2D eigenvalue weighted by molar-refractivity contribution is -0.365. The Balaban J connectivity index is 1.03. The average Bonchev–Trinajstić information content (AvgIpc) is 3.26. The molecule has 19 nitrogen and oxygen atoms in total. The lowest BCUT2D eigenvalue weighted by atomic mass is 9.33. The van der Waals surface area contributed by atoms with Crippen LogP contribution in [0.2, 0.25) is 0 Å². The third-order valence-electron chi connectivity index (χ3n) is 19.3. The molecule has 7 fully saturated rings. The molecule has 5 aliphatic carbocycles. The molecule has 0 aromatic rings. The molecule has 0 spiro atoms. The van der Waals surface area contributed by atoms with E-state index >= 15 is 0 Å². The van der Waals surface area contributed by atoms with E-state index in [1.165, 1.54) is 5.57 Å². The minimum atomic E-state index is -1.97. The second-order valence-electron chi connectivity index (χ2n) is 23.5. The Morgan fingerprint density at radius 1 is 0.642 bits per heavy atom. The van der Waals surface area contributed by atoms with Crippen LogP contribution >= 0.6 is 0 Å². The van der Waals surface area contributed by atoms with Gasteiger partial charge in [-0.25, -0.2) is 4.79 Å². The van der Waals surface area contributed by atoms with Crippen molar-refractivity contribution in [2.75, 3.05) is 13.2 Å². The summed E-state index contributed by atoms with van der Waals surface area (Å²) in [7, 11) is 0. The molecule has 3 heterocycles. The molecule has 0 radical (unpaired) electrons. The summed E-state index contributed by atoms with van der Waals surface area (Å²) in [6.07, 6.45) is -16.4. The fourth-order valence-electron chi connectivity index (χ4n) is 15.0. The molecule has 0 amide bonds. The van der Waals surface area contributed by atoms with E-state index in [0.29, 0.717) is 25.7 Å². The minimum absolute atomic E-state index is 0.0786. The summed E-state index contributed by atoms with van der Waals surface area (Å²) in [5.41, 5.74) is -0.975. The zero-order chi connectivity index (χ0) is 49.1. The molecular weight excluding hydrogens is 881 g/mol. The van der Waals surface area contributed by atoms with Crippen LogP contribution < -0.4 is 0 Å². The molecular formula is C48H76O19. The van der Waals surface area contributed by atoms with Crippen molar-refractivity contribution in [1.82, 2.24) is 0 Å². The van der Waals surface area contributed by atoms with Crippen LogP contribution in [0, 0.1) is 50.2 Å². The molecule has 382 valence electrons. The maximum atomic E-state index is 14.7. The molecule has 8 aliphatic rings. The van der Waals surface area contributed by atoms with Crippen LogP contribution in [0.5, 0.6) is 0 Å². The van der Waals surface area contributed by atoms with Crippen molar-refractivity contribution in [1.29, 1.82) is 0 Å². The van der Waals surface area contributed by atoms with Crippen LogP contribution in [-0.4, -0.2) is 180 Å². The highest BCUT2D eigenvalue weighted by atomic mass is 16.7. The van der Waals surface area contributed by atoms with E-state index in [1.54, 1.807) is 0 Å². The quantitative estimate of drug-likeness (QED) is 0.0838. The van der Waals surface area contributed by atoms with Crippen molar-refractivity contribution in [3.05, 3.63) is 11.6 Å². The van der Waals surface area contributed by atoms with Crippen LogP contribution in [0.4, 0.5) is 0 Å². The Labute approximate surface area is 391 Å². The summed E-state index contributed by atoms with van der Waals surface area (Å²) in [6, 6.07) is 0. The molecule has 11 N–H and O–H groups in total. The molecule has 0 aromatic carbocycles. The molecule has 19 heteroatoms. The van der Waals surface area contributed by atoms with Crippen molar-refractivity contribution in [2.45, 2.75) is 211 Å². The molecule has 0 unspecified atom stereocenters. The molecule has 67 heavy (non-hydrogen) atoms. The normalized spacial score (nSPS) is 52.6. The first kappa shape index (κ1) is 51.4. The summed E-state index contributed by atoms with van der Waals surface area (Å²) in [6.45, 7) is 14.4. The van der Waals surface area contributed by atoms with Gasteiger partial charge in [-0.2, -0.15) is 0 Å². The molecule has 3 saturated heterocycles. The first-order valence-corrected chi connectivity index (χ1v) is 24.3. The van der Waals surface area contributed by atoms with E-state index in [-0.39, 0.29) is 39.4 Å². The number of carboxylic acids is 1. The predicted octanol–water partition coefficient (Wildman–Crippen LogP) is 0.233. The third kappa shape index (κ3) is 8.06. The minimum Gasteiger partial charge on any atom is -0.479 e. The SMILES string of the molecule is CC1(C)CC[C@]2(C(=O)O[C@@H]3O[C@H](CO)[C@@H](O)[C@H](O)[C@H]3O)CC[C@@]3(C)C(=CC[C@@H]4[C@@]5(C)CC[C@H](O[C@@H]6O[C@H](C(=O)O)[C@@H](O)[C@H](O[C@@H]7O[C@H](CO)[C@H](O)[C@H](O)[C@H]7O)[C@H]6O)C(C)(C)[C@@H]5CC[C@]43C)[C@@H]2C1. The highest BCUT2D eigenvalue weighted by Crippen LogP contribution is 2.76. The number of carbonyl (C=O) groups excluding carboxylic acids is 1. The van der Waals surface area contributed by atoms with E-state index in [4.69, 9.17) is 28.4 Å². The van der Waals surface area contributed by atoms with Gasteiger partial charge in [-0.3, -0.25) is 4.79 Å². The van der Waals surface area contributed by atoms with Gasteiger partial charge in [0.15, 0.2) is 18.7 Å². The summed E-state index contributed by atoms with van der Waals surface area (Å²) in [5, 5.41) is 115. The number of hydrogen-bond donors (Lipinski definition) is 11. The maximum Gasteiger partial charge on any atom is 0.335 e. The predicted molar refractivity (Wildman–Crippen MR) is 231 cm³/mol.